The topological polar surface area (TPSA) is 245 Å². The van der Waals surface area contributed by atoms with E-state index in [0.29, 0.717) is 0 Å². The molecule has 0 aromatic rings. The average Bonchev–Trinajstić information content (AvgIpc) is 2.60. The highest BCUT2D eigenvalue weighted by Crippen LogP contribution is 2.02. The van der Waals surface area contributed by atoms with E-state index < -0.39 is 85.7 Å². The van der Waals surface area contributed by atoms with Gasteiger partial charge in [-0.05, 0) is 13.3 Å². The molecule has 0 radical (unpaired) electrons. The van der Waals surface area contributed by atoms with Gasteiger partial charge in [0.25, 0.3) is 0 Å². The number of carbonyl (C=O) groups excluding carboxylic acids is 3. The van der Waals surface area contributed by atoms with Gasteiger partial charge in [-0.1, -0.05) is 0 Å². The van der Waals surface area contributed by atoms with Crippen molar-refractivity contribution in [1.82, 2.24) is 16.0 Å². The summed E-state index contributed by atoms with van der Waals surface area (Å²) in [6, 6.07) is -5.91. The van der Waals surface area contributed by atoms with E-state index in [-0.39, 0.29) is 0 Å². The van der Waals surface area contributed by atoms with E-state index >= 15 is 0 Å². The fraction of sp³-hybridized carbons (Fsp3) is 0.600. The molecule has 0 aliphatic heterocycles. The van der Waals surface area contributed by atoms with Crippen LogP contribution in [0.1, 0.15) is 26.2 Å². The van der Waals surface area contributed by atoms with E-state index in [1.54, 1.807) is 0 Å². The van der Waals surface area contributed by atoms with Crippen LogP contribution in [-0.4, -0.2) is 86.8 Å². The van der Waals surface area contributed by atoms with Crippen molar-refractivity contribution in [2.24, 2.45) is 5.73 Å². The molecular weight excluding hydrogens is 396 g/mol. The van der Waals surface area contributed by atoms with Crippen molar-refractivity contribution in [3.05, 3.63) is 0 Å². The van der Waals surface area contributed by atoms with Crippen LogP contribution in [0, 0.1) is 0 Å². The van der Waals surface area contributed by atoms with Gasteiger partial charge in [-0.25, -0.2) is 4.79 Å². The van der Waals surface area contributed by atoms with Crippen LogP contribution in [-0.2, 0) is 28.8 Å². The Morgan fingerprint density at radius 2 is 1.28 bits per heavy atom. The summed E-state index contributed by atoms with van der Waals surface area (Å²) >= 11 is 0. The lowest BCUT2D eigenvalue weighted by molar-refractivity contribution is -0.147. The Labute approximate surface area is 164 Å². The zero-order valence-corrected chi connectivity index (χ0v) is 15.5. The van der Waals surface area contributed by atoms with Crippen molar-refractivity contribution in [1.29, 1.82) is 0 Å². The Balaban J connectivity index is 5.32. The Bertz CT molecular complexity index is 651. The zero-order valence-electron chi connectivity index (χ0n) is 15.5. The first-order valence-corrected chi connectivity index (χ1v) is 8.33. The molecule has 0 heterocycles. The summed E-state index contributed by atoms with van der Waals surface area (Å²) in [7, 11) is 0. The summed E-state index contributed by atoms with van der Waals surface area (Å²) in [5, 5.41) is 41.8. The van der Waals surface area contributed by atoms with Crippen LogP contribution < -0.4 is 21.7 Å². The summed E-state index contributed by atoms with van der Waals surface area (Å²) in [6.07, 6.45) is -2.01. The summed E-state index contributed by atoms with van der Waals surface area (Å²) in [5.41, 5.74) is 5.33. The van der Waals surface area contributed by atoms with Gasteiger partial charge in [0, 0.05) is 6.42 Å². The normalized spacial score (nSPS) is 14.6. The molecule has 0 spiro atoms. The van der Waals surface area contributed by atoms with Crippen LogP contribution in [0.15, 0.2) is 0 Å². The van der Waals surface area contributed by atoms with Gasteiger partial charge in [-0.2, -0.15) is 0 Å². The van der Waals surface area contributed by atoms with Crippen molar-refractivity contribution in [2.75, 3.05) is 6.61 Å². The van der Waals surface area contributed by atoms with Crippen LogP contribution in [0.25, 0.3) is 0 Å². The molecule has 0 aromatic heterocycles. The number of carbonyl (C=O) groups is 6. The lowest BCUT2D eigenvalue weighted by atomic mass is 10.1. The second-order valence-corrected chi connectivity index (χ2v) is 6.02. The second-order valence-electron chi connectivity index (χ2n) is 6.02. The first-order chi connectivity index (χ1) is 13.4. The Hall–Kier alpha value is -3.26. The molecule has 0 bridgehead atoms. The van der Waals surface area contributed by atoms with Crippen molar-refractivity contribution in [2.45, 2.75) is 50.4 Å². The number of rotatable bonds is 13. The predicted molar refractivity (Wildman–Crippen MR) is 93.3 cm³/mol. The molecule has 29 heavy (non-hydrogen) atoms. The number of aliphatic hydroxyl groups is 1. The molecule has 0 rings (SSSR count). The third kappa shape index (κ3) is 10.0. The third-order valence-corrected chi connectivity index (χ3v) is 3.50. The number of hydrogen-bond donors (Lipinski definition) is 8. The Morgan fingerprint density at radius 3 is 1.69 bits per heavy atom. The number of nitrogens with two attached hydrogens (primary N) is 1. The first kappa shape index (κ1) is 25.7. The summed E-state index contributed by atoms with van der Waals surface area (Å²) in [4.78, 5) is 68.6. The number of nitrogens with one attached hydrogen (secondary N) is 3. The van der Waals surface area contributed by atoms with Gasteiger partial charge in [-0.3, -0.25) is 24.0 Å². The maximum atomic E-state index is 12.3. The highest BCUT2D eigenvalue weighted by molar-refractivity contribution is 5.94. The van der Waals surface area contributed by atoms with E-state index in [2.05, 4.69) is 10.6 Å². The van der Waals surface area contributed by atoms with Crippen LogP contribution in [0.5, 0.6) is 0 Å². The molecule has 0 saturated carbocycles. The van der Waals surface area contributed by atoms with Crippen LogP contribution in [0.3, 0.4) is 0 Å². The van der Waals surface area contributed by atoms with Gasteiger partial charge < -0.3 is 42.1 Å². The molecule has 14 heteroatoms. The largest absolute Gasteiger partial charge is 0.481 e. The molecule has 0 aliphatic rings. The fourth-order valence-corrected chi connectivity index (χ4v) is 1.95. The minimum atomic E-state index is -1.82. The van der Waals surface area contributed by atoms with Crippen molar-refractivity contribution >= 4 is 35.6 Å². The van der Waals surface area contributed by atoms with Crippen LogP contribution >= 0.6 is 0 Å². The summed E-state index contributed by atoms with van der Waals surface area (Å²) in [5.74, 6) is -7.47. The first-order valence-electron chi connectivity index (χ1n) is 8.33. The molecule has 4 unspecified atom stereocenters. The van der Waals surface area contributed by atoms with Gasteiger partial charge >= 0.3 is 17.9 Å². The SMILES string of the molecule is CC(N)C(=O)NC(CO)C(=O)NC(CCC(=O)O)C(=O)NC(CC(=O)O)C(=O)O. The second kappa shape index (κ2) is 12.2. The molecule has 0 fully saturated rings. The van der Waals surface area contributed by atoms with Gasteiger partial charge in [0.05, 0.1) is 19.1 Å². The predicted octanol–water partition coefficient (Wildman–Crippen LogP) is -3.80. The van der Waals surface area contributed by atoms with Crippen molar-refractivity contribution in [3.8, 4) is 0 Å². The molecule has 0 aromatic carbocycles. The van der Waals surface area contributed by atoms with Crippen LogP contribution in [0.2, 0.25) is 0 Å². The van der Waals surface area contributed by atoms with E-state index in [0.717, 1.165) is 0 Å². The van der Waals surface area contributed by atoms with Crippen molar-refractivity contribution < 1.29 is 49.2 Å². The van der Waals surface area contributed by atoms with E-state index in [1.165, 1.54) is 6.92 Å². The van der Waals surface area contributed by atoms with E-state index in [1.807, 2.05) is 5.32 Å². The quantitative estimate of drug-likeness (QED) is 0.143. The van der Waals surface area contributed by atoms with Gasteiger partial charge in [0.15, 0.2) is 0 Å². The summed E-state index contributed by atoms with van der Waals surface area (Å²) < 4.78 is 0. The molecule has 14 nitrogen and oxygen atoms in total. The van der Waals surface area contributed by atoms with Gasteiger partial charge in [-0.15, -0.1) is 0 Å². The minimum Gasteiger partial charge on any atom is -0.481 e. The number of aliphatic carboxylic acids is 3. The molecule has 0 aliphatic carbocycles. The molecule has 164 valence electrons. The molecule has 3 amide bonds. The lowest BCUT2D eigenvalue weighted by Crippen LogP contribution is -2.58. The molecule has 0 saturated heterocycles. The van der Waals surface area contributed by atoms with E-state index in [4.69, 9.17) is 21.1 Å². The number of hydrogen-bond acceptors (Lipinski definition) is 8. The molecular formula is C15H24N4O10. The van der Waals surface area contributed by atoms with Gasteiger partial charge in [0.2, 0.25) is 17.7 Å². The monoisotopic (exact) mass is 420 g/mol. The lowest BCUT2D eigenvalue weighted by Gasteiger charge is -2.23. The Morgan fingerprint density at radius 1 is 0.793 bits per heavy atom. The number of carboxylic acids is 3. The molecule has 4 atom stereocenters. The maximum absolute atomic E-state index is 12.3. The number of amides is 3. The standard InChI is InChI=1S/C15H24N4O10/c1-6(16)12(25)19-9(5-20)14(27)17-7(2-3-10(21)22)13(26)18-8(15(28)29)4-11(23)24/h6-9,20H,2-5,16H2,1H3,(H,17,27)(H,18,26)(H,19,25)(H,21,22)(H,23,24)(H,28,29). The third-order valence-electron chi connectivity index (χ3n) is 3.50. The van der Waals surface area contributed by atoms with Crippen LogP contribution in [0.4, 0.5) is 0 Å². The summed E-state index contributed by atoms with van der Waals surface area (Å²) in [6.45, 7) is 0.452. The molecule has 9 N–H and O–H groups in total. The smallest absolute Gasteiger partial charge is 0.326 e. The highest BCUT2D eigenvalue weighted by atomic mass is 16.4. The minimum absolute atomic E-state index is 0.467. The number of aliphatic hydroxyl groups excluding tert-OH is 1. The highest BCUT2D eigenvalue weighted by Gasteiger charge is 2.30. The van der Waals surface area contributed by atoms with Gasteiger partial charge in [0.1, 0.15) is 18.1 Å². The van der Waals surface area contributed by atoms with Crippen molar-refractivity contribution in [3.63, 3.8) is 0 Å². The maximum Gasteiger partial charge on any atom is 0.326 e. The Kier molecular flexibility index (Phi) is 10.9. The number of carboxylic acid groups (broad SMARTS) is 3. The zero-order chi connectivity index (χ0) is 22.7. The average molecular weight is 420 g/mol. The fourth-order valence-electron chi connectivity index (χ4n) is 1.95. The van der Waals surface area contributed by atoms with E-state index in [9.17, 15) is 33.9 Å².